The van der Waals surface area contributed by atoms with Crippen LogP contribution in [0.3, 0.4) is 0 Å². The Balaban J connectivity index is 1.42. The molecule has 0 aromatic carbocycles. The molecule has 0 unspecified atom stereocenters. The molecular formula is C14H18FN3O3. The third-order valence-electron chi connectivity index (χ3n) is 4.87. The van der Waals surface area contributed by atoms with E-state index >= 15 is 0 Å². The minimum Gasteiger partial charge on any atom is -0.389 e. The zero-order valence-corrected chi connectivity index (χ0v) is 11.7. The van der Waals surface area contributed by atoms with Crippen LogP contribution in [0, 0.1) is 5.92 Å². The highest BCUT2D eigenvalue weighted by Crippen LogP contribution is 2.39. The number of carbonyl (C=O) groups excluding carboxylic acids is 2. The van der Waals surface area contributed by atoms with Crippen molar-refractivity contribution in [1.82, 2.24) is 10.2 Å². The molecule has 0 spiro atoms. The van der Waals surface area contributed by atoms with Gasteiger partial charge >= 0.3 is 0 Å². The predicted octanol–water partition coefficient (Wildman–Crippen LogP) is 0.370. The molecule has 2 atom stereocenters. The first-order valence-electron chi connectivity index (χ1n) is 7.60. The zero-order chi connectivity index (χ0) is 14.6. The molecule has 114 valence electrons. The Bertz CT molecular complexity index is 528. The molecule has 1 N–H and O–H groups in total. The highest BCUT2D eigenvalue weighted by molar-refractivity contribution is 6.40. The van der Waals surface area contributed by atoms with Gasteiger partial charge in [-0.15, -0.1) is 0 Å². The predicted molar refractivity (Wildman–Crippen MR) is 71.2 cm³/mol. The van der Waals surface area contributed by atoms with E-state index in [1.165, 1.54) is 4.90 Å². The fraction of sp³-hybridized carbons (Fsp3) is 0.786. The third kappa shape index (κ3) is 2.10. The van der Waals surface area contributed by atoms with Gasteiger partial charge in [0.25, 0.3) is 11.8 Å². The number of oxime groups is 1. The van der Waals surface area contributed by atoms with Crippen LogP contribution in [0.2, 0.25) is 0 Å². The van der Waals surface area contributed by atoms with Crippen LogP contribution < -0.4 is 5.32 Å². The van der Waals surface area contributed by atoms with Crippen LogP contribution in [0.4, 0.5) is 4.39 Å². The molecule has 2 amide bonds. The summed E-state index contributed by atoms with van der Waals surface area (Å²) < 4.78 is 14.2. The van der Waals surface area contributed by atoms with Gasteiger partial charge in [0.2, 0.25) is 0 Å². The van der Waals surface area contributed by atoms with Crippen molar-refractivity contribution in [3.63, 3.8) is 0 Å². The molecule has 7 heteroatoms. The van der Waals surface area contributed by atoms with Gasteiger partial charge in [-0.1, -0.05) is 5.16 Å². The van der Waals surface area contributed by atoms with Gasteiger partial charge in [0.15, 0.2) is 17.5 Å². The molecule has 0 aromatic rings. The van der Waals surface area contributed by atoms with Crippen molar-refractivity contribution in [3.05, 3.63) is 0 Å². The van der Waals surface area contributed by atoms with Gasteiger partial charge in [-0.25, -0.2) is 4.39 Å². The minimum absolute atomic E-state index is 0.210. The fourth-order valence-electron chi connectivity index (χ4n) is 3.18. The van der Waals surface area contributed by atoms with Crippen molar-refractivity contribution in [2.45, 2.75) is 49.9 Å². The summed E-state index contributed by atoms with van der Waals surface area (Å²) in [7, 11) is 0. The van der Waals surface area contributed by atoms with Crippen molar-refractivity contribution in [2.24, 2.45) is 11.1 Å². The summed E-state index contributed by atoms with van der Waals surface area (Å²) in [6, 6.07) is 0.252. The van der Waals surface area contributed by atoms with E-state index in [1.54, 1.807) is 0 Å². The molecule has 4 rings (SSSR count). The molecule has 6 nitrogen and oxygen atoms in total. The van der Waals surface area contributed by atoms with Gasteiger partial charge in [0.1, 0.15) is 0 Å². The Labute approximate surface area is 121 Å². The van der Waals surface area contributed by atoms with Crippen LogP contribution in [0.25, 0.3) is 0 Å². The van der Waals surface area contributed by atoms with Crippen molar-refractivity contribution < 1.29 is 18.8 Å². The van der Waals surface area contributed by atoms with Gasteiger partial charge in [-0.05, 0) is 32.1 Å². The molecule has 0 aromatic heterocycles. The first-order chi connectivity index (χ1) is 10.1. The molecule has 2 aliphatic carbocycles. The van der Waals surface area contributed by atoms with E-state index in [-0.39, 0.29) is 24.0 Å². The maximum absolute atomic E-state index is 14.2. The van der Waals surface area contributed by atoms with E-state index in [2.05, 4.69) is 10.5 Å². The molecule has 2 aliphatic heterocycles. The third-order valence-corrected chi connectivity index (χ3v) is 4.87. The summed E-state index contributed by atoms with van der Waals surface area (Å²) in [6.45, 7) is 0.644. The van der Waals surface area contributed by atoms with Crippen molar-refractivity contribution in [3.8, 4) is 0 Å². The second-order valence-corrected chi connectivity index (χ2v) is 6.50. The number of halogens is 1. The van der Waals surface area contributed by atoms with Crippen LogP contribution in [0.15, 0.2) is 5.16 Å². The molecule has 4 aliphatic rings. The number of fused-ring (bicyclic) bond motifs is 1. The SMILES string of the molecule is O=C(NC1CC1)C1=NO[C@@H]2CN(C(=O)C3(F)CCC3)C[C@H]12. The van der Waals surface area contributed by atoms with Crippen LogP contribution in [0.5, 0.6) is 0 Å². The maximum atomic E-state index is 14.2. The summed E-state index contributed by atoms with van der Waals surface area (Å²) >= 11 is 0. The van der Waals surface area contributed by atoms with Crippen LogP contribution >= 0.6 is 0 Å². The smallest absolute Gasteiger partial charge is 0.269 e. The fourth-order valence-corrected chi connectivity index (χ4v) is 3.18. The van der Waals surface area contributed by atoms with E-state index in [9.17, 15) is 14.0 Å². The first kappa shape index (κ1) is 13.0. The van der Waals surface area contributed by atoms with E-state index in [1.807, 2.05) is 0 Å². The van der Waals surface area contributed by atoms with Gasteiger partial charge in [-0.3, -0.25) is 9.59 Å². The Kier molecular flexibility index (Phi) is 2.74. The lowest BCUT2D eigenvalue weighted by Gasteiger charge is -2.35. The second kappa shape index (κ2) is 4.42. The van der Waals surface area contributed by atoms with Crippen LogP contribution in [0.1, 0.15) is 32.1 Å². The average Bonchev–Trinajstić information content (AvgIpc) is 2.99. The molecule has 21 heavy (non-hydrogen) atoms. The lowest BCUT2D eigenvalue weighted by Crippen LogP contribution is -2.50. The highest BCUT2D eigenvalue weighted by atomic mass is 19.1. The summed E-state index contributed by atoms with van der Waals surface area (Å²) in [5.74, 6) is -0.886. The number of carbonyl (C=O) groups is 2. The van der Waals surface area contributed by atoms with Crippen molar-refractivity contribution >= 4 is 17.5 Å². The molecule has 0 bridgehead atoms. The van der Waals surface area contributed by atoms with Gasteiger partial charge in [0, 0.05) is 12.6 Å². The van der Waals surface area contributed by atoms with E-state index in [0.717, 1.165) is 19.3 Å². The van der Waals surface area contributed by atoms with Crippen LogP contribution in [-0.4, -0.2) is 53.3 Å². The number of alkyl halides is 1. The standard InChI is InChI=1S/C14H18FN3O3/c15-14(4-1-5-14)13(20)18-6-9-10(7-18)21-17-11(9)12(19)16-8-2-3-8/h8-10H,1-7H2,(H,16,19)/t9-,10+/m0/s1. The van der Waals surface area contributed by atoms with Crippen molar-refractivity contribution in [1.29, 1.82) is 0 Å². The Morgan fingerprint density at radius 1 is 1.33 bits per heavy atom. The number of nitrogens with one attached hydrogen (secondary N) is 1. The Morgan fingerprint density at radius 2 is 2.10 bits per heavy atom. The highest BCUT2D eigenvalue weighted by Gasteiger charge is 2.53. The monoisotopic (exact) mass is 295 g/mol. The van der Waals surface area contributed by atoms with E-state index < -0.39 is 11.6 Å². The quantitative estimate of drug-likeness (QED) is 0.818. The van der Waals surface area contributed by atoms with E-state index in [4.69, 9.17) is 4.84 Å². The van der Waals surface area contributed by atoms with Gasteiger partial charge < -0.3 is 15.1 Å². The molecule has 2 heterocycles. The van der Waals surface area contributed by atoms with Gasteiger partial charge in [-0.2, -0.15) is 0 Å². The molecule has 3 fully saturated rings. The lowest BCUT2D eigenvalue weighted by molar-refractivity contribution is -0.149. The molecular weight excluding hydrogens is 277 g/mol. The number of likely N-dealkylation sites (tertiary alicyclic amines) is 1. The van der Waals surface area contributed by atoms with Crippen molar-refractivity contribution in [2.75, 3.05) is 13.1 Å². The number of amides is 2. The summed E-state index contributed by atoms with van der Waals surface area (Å²) in [5, 5.41) is 6.74. The summed E-state index contributed by atoms with van der Waals surface area (Å²) in [4.78, 5) is 31.0. The summed E-state index contributed by atoms with van der Waals surface area (Å²) in [6.07, 6.45) is 3.07. The van der Waals surface area contributed by atoms with Crippen LogP contribution in [-0.2, 0) is 14.4 Å². The minimum atomic E-state index is -1.69. The topological polar surface area (TPSA) is 71.0 Å². The maximum Gasteiger partial charge on any atom is 0.269 e. The first-order valence-corrected chi connectivity index (χ1v) is 7.60. The van der Waals surface area contributed by atoms with E-state index in [0.29, 0.717) is 31.6 Å². The average molecular weight is 295 g/mol. The van der Waals surface area contributed by atoms with Gasteiger partial charge in [0.05, 0.1) is 12.5 Å². The summed E-state index contributed by atoms with van der Waals surface area (Å²) in [5.41, 5.74) is -1.34. The second-order valence-electron chi connectivity index (χ2n) is 6.50. The normalized spacial score (nSPS) is 32.8. The molecule has 1 saturated heterocycles. The number of hydrogen-bond acceptors (Lipinski definition) is 4. The number of rotatable bonds is 3. The Morgan fingerprint density at radius 3 is 2.71 bits per heavy atom. The zero-order valence-electron chi connectivity index (χ0n) is 11.7. The molecule has 0 radical (unpaired) electrons. The lowest BCUT2D eigenvalue weighted by atomic mass is 9.81. The molecule has 2 saturated carbocycles. The number of hydrogen-bond donors (Lipinski definition) is 1. The largest absolute Gasteiger partial charge is 0.389 e. The number of nitrogens with zero attached hydrogens (tertiary/aromatic N) is 2. The Hall–Kier alpha value is -1.66.